The number of esters is 1. The normalized spacial score (nSPS) is 11.9. The van der Waals surface area contributed by atoms with Crippen molar-refractivity contribution in [2.75, 3.05) is 13.2 Å². The summed E-state index contributed by atoms with van der Waals surface area (Å²) in [5, 5.41) is 5.08. The standard InChI is InChI=1S/C17H26N2O5S/c1-5-24-15(20)10-11-19(16(21)17(2,3)4)12-13-6-8-14(9-7-13)25(18,22)23/h6-9H,5,10-12H2,1-4H3,(H2,18,22,23). The highest BCUT2D eigenvalue weighted by Gasteiger charge is 2.27. The average Bonchev–Trinajstić information content (AvgIpc) is 2.49. The summed E-state index contributed by atoms with van der Waals surface area (Å²) in [6.07, 6.45) is 0.102. The van der Waals surface area contributed by atoms with Gasteiger partial charge in [0.1, 0.15) is 0 Å². The third kappa shape index (κ3) is 6.83. The molecule has 0 radical (unpaired) electrons. The highest BCUT2D eigenvalue weighted by Crippen LogP contribution is 2.20. The fourth-order valence-corrected chi connectivity index (χ4v) is 2.71. The van der Waals surface area contributed by atoms with E-state index in [9.17, 15) is 18.0 Å². The molecule has 0 aliphatic heterocycles. The van der Waals surface area contributed by atoms with Gasteiger partial charge in [-0.25, -0.2) is 13.6 Å². The van der Waals surface area contributed by atoms with Crippen LogP contribution in [0.1, 0.15) is 39.7 Å². The number of rotatable bonds is 7. The minimum absolute atomic E-state index is 0.0106. The van der Waals surface area contributed by atoms with Crippen molar-refractivity contribution in [2.24, 2.45) is 10.6 Å². The van der Waals surface area contributed by atoms with Crippen LogP contribution in [0.2, 0.25) is 0 Å². The Hall–Kier alpha value is -1.93. The zero-order valence-corrected chi connectivity index (χ0v) is 15.9. The van der Waals surface area contributed by atoms with E-state index in [1.54, 1.807) is 44.7 Å². The lowest BCUT2D eigenvalue weighted by Crippen LogP contribution is -2.40. The largest absolute Gasteiger partial charge is 0.466 e. The van der Waals surface area contributed by atoms with Gasteiger partial charge in [0.05, 0.1) is 17.9 Å². The van der Waals surface area contributed by atoms with Gasteiger partial charge in [0.15, 0.2) is 0 Å². The quantitative estimate of drug-likeness (QED) is 0.735. The Morgan fingerprint density at radius 2 is 1.72 bits per heavy atom. The Labute approximate surface area is 149 Å². The molecule has 0 fully saturated rings. The molecule has 8 heteroatoms. The van der Waals surface area contributed by atoms with Crippen molar-refractivity contribution in [2.45, 2.75) is 45.6 Å². The molecule has 0 unspecified atom stereocenters. The highest BCUT2D eigenvalue weighted by atomic mass is 32.2. The van der Waals surface area contributed by atoms with Crippen molar-refractivity contribution in [3.63, 3.8) is 0 Å². The van der Waals surface area contributed by atoms with Crippen molar-refractivity contribution in [3.8, 4) is 0 Å². The van der Waals surface area contributed by atoms with Crippen LogP contribution < -0.4 is 5.14 Å². The highest BCUT2D eigenvalue weighted by molar-refractivity contribution is 7.89. The summed E-state index contributed by atoms with van der Waals surface area (Å²) in [6.45, 7) is 7.92. The molecule has 7 nitrogen and oxygen atoms in total. The van der Waals surface area contributed by atoms with Crippen molar-refractivity contribution in [1.29, 1.82) is 0 Å². The van der Waals surface area contributed by atoms with E-state index < -0.39 is 15.4 Å². The van der Waals surface area contributed by atoms with Crippen LogP contribution in [0.3, 0.4) is 0 Å². The molecule has 140 valence electrons. The number of ether oxygens (including phenoxy) is 1. The molecular weight excluding hydrogens is 344 g/mol. The zero-order chi connectivity index (χ0) is 19.3. The van der Waals surface area contributed by atoms with Gasteiger partial charge >= 0.3 is 5.97 Å². The number of hydrogen-bond acceptors (Lipinski definition) is 5. The van der Waals surface area contributed by atoms with E-state index in [1.807, 2.05) is 0 Å². The van der Waals surface area contributed by atoms with E-state index in [0.717, 1.165) is 5.56 Å². The van der Waals surface area contributed by atoms with Gasteiger partial charge in [0, 0.05) is 18.5 Å². The molecule has 0 aliphatic rings. The fraction of sp³-hybridized carbons (Fsp3) is 0.529. The maximum atomic E-state index is 12.6. The van der Waals surface area contributed by atoms with Crippen LogP contribution in [0.4, 0.5) is 0 Å². The van der Waals surface area contributed by atoms with Gasteiger partial charge < -0.3 is 9.64 Å². The first-order valence-corrected chi connectivity index (χ1v) is 9.56. The number of amides is 1. The summed E-state index contributed by atoms with van der Waals surface area (Å²) in [7, 11) is -3.76. The second-order valence-electron chi connectivity index (χ2n) is 6.72. The first kappa shape index (κ1) is 21.1. The van der Waals surface area contributed by atoms with Crippen molar-refractivity contribution in [1.82, 2.24) is 4.90 Å². The van der Waals surface area contributed by atoms with Gasteiger partial charge in [0.25, 0.3) is 0 Å². The molecule has 1 amide bonds. The van der Waals surface area contributed by atoms with Crippen molar-refractivity contribution in [3.05, 3.63) is 29.8 Å². The summed E-state index contributed by atoms with van der Waals surface area (Å²) in [4.78, 5) is 25.8. The number of primary sulfonamides is 1. The molecule has 1 rings (SSSR count). The number of sulfonamides is 1. The van der Waals surface area contributed by atoms with Crippen LogP contribution in [0, 0.1) is 5.41 Å². The Morgan fingerprint density at radius 1 is 1.16 bits per heavy atom. The van der Waals surface area contributed by atoms with Crippen LogP contribution in [-0.2, 0) is 30.9 Å². The molecule has 0 atom stereocenters. The average molecular weight is 370 g/mol. The maximum absolute atomic E-state index is 12.6. The van der Waals surface area contributed by atoms with E-state index in [4.69, 9.17) is 9.88 Å². The number of hydrogen-bond donors (Lipinski definition) is 1. The number of carbonyl (C=O) groups is 2. The monoisotopic (exact) mass is 370 g/mol. The van der Waals surface area contributed by atoms with E-state index in [2.05, 4.69) is 0 Å². The topological polar surface area (TPSA) is 107 Å². The van der Waals surface area contributed by atoms with E-state index >= 15 is 0 Å². The molecule has 2 N–H and O–H groups in total. The fourth-order valence-electron chi connectivity index (χ4n) is 2.19. The Balaban J connectivity index is 2.92. The first-order valence-electron chi connectivity index (χ1n) is 8.02. The van der Waals surface area contributed by atoms with Gasteiger partial charge in [0.2, 0.25) is 15.9 Å². The Bertz CT molecular complexity index is 706. The van der Waals surface area contributed by atoms with E-state index in [0.29, 0.717) is 6.61 Å². The second-order valence-corrected chi connectivity index (χ2v) is 8.28. The lowest BCUT2D eigenvalue weighted by Gasteiger charge is -2.29. The molecule has 0 aliphatic carbocycles. The third-order valence-corrected chi connectivity index (χ3v) is 4.37. The molecule has 0 spiro atoms. The van der Waals surface area contributed by atoms with Gasteiger partial charge in [-0.2, -0.15) is 0 Å². The van der Waals surface area contributed by atoms with Gasteiger partial charge in [-0.15, -0.1) is 0 Å². The van der Waals surface area contributed by atoms with Crippen LogP contribution in [0.25, 0.3) is 0 Å². The predicted molar refractivity (Wildman–Crippen MR) is 93.9 cm³/mol. The molecule has 0 bridgehead atoms. The molecule has 0 aromatic heterocycles. The molecule has 0 heterocycles. The first-order chi connectivity index (χ1) is 11.4. The van der Waals surface area contributed by atoms with Crippen molar-refractivity contribution < 1.29 is 22.7 Å². The van der Waals surface area contributed by atoms with Crippen LogP contribution in [-0.4, -0.2) is 38.3 Å². The molecule has 25 heavy (non-hydrogen) atoms. The van der Waals surface area contributed by atoms with Gasteiger partial charge in [-0.1, -0.05) is 32.9 Å². The van der Waals surface area contributed by atoms with Crippen molar-refractivity contribution >= 4 is 21.9 Å². The van der Waals surface area contributed by atoms with Crippen LogP contribution >= 0.6 is 0 Å². The summed E-state index contributed by atoms with van der Waals surface area (Å²) in [6, 6.07) is 6.01. The maximum Gasteiger partial charge on any atom is 0.307 e. The number of nitrogens with zero attached hydrogens (tertiary/aromatic N) is 1. The minimum Gasteiger partial charge on any atom is -0.466 e. The third-order valence-electron chi connectivity index (χ3n) is 3.45. The zero-order valence-electron chi connectivity index (χ0n) is 15.1. The van der Waals surface area contributed by atoms with E-state index in [-0.39, 0.29) is 36.3 Å². The molecule has 0 saturated heterocycles. The predicted octanol–water partition coefficient (Wildman–Crippen LogP) is 1.66. The lowest BCUT2D eigenvalue weighted by atomic mass is 9.94. The Morgan fingerprint density at radius 3 is 2.16 bits per heavy atom. The SMILES string of the molecule is CCOC(=O)CCN(Cc1ccc(S(N)(=O)=O)cc1)C(=O)C(C)(C)C. The molecular formula is C17H26N2O5S. The molecule has 1 aromatic carbocycles. The lowest BCUT2D eigenvalue weighted by molar-refractivity contribution is -0.145. The van der Waals surface area contributed by atoms with E-state index in [1.165, 1.54) is 12.1 Å². The molecule has 0 saturated carbocycles. The smallest absolute Gasteiger partial charge is 0.307 e. The van der Waals surface area contributed by atoms with Crippen LogP contribution in [0.5, 0.6) is 0 Å². The van der Waals surface area contributed by atoms with Gasteiger partial charge in [-0.05, 0) is 24.6 Å². The number of nitrogens with two attached hydrogens (primary N) is 1. The number of carbonyl (C=O) groups excluding carboxylic acids is 2. The molecule has 1 aromatic rings. The summed E-state index contributed by atoms with van der Waals surface area (Å²) in [5.74, 6) is -0.467. The summed E-state index contributed by atoms with van der Waals surface area (Å²) < 4.78 is 27.5. The summed E-state index contributed by atoms with van der Waals surface area (Å²) in [5.41, 5.74) is 0.142. The Kier molecular flexibility index (Phi) is 7.13. The minimum atomic E-state index is -3.76. The second kappa shape index (κ2) is 8.44. The summed E-state index contributed by atoms with van der Waals surface area (Å²) >= 11 is 0. The van der Waals surface area contributed by atoms with Gasteiger partial charge in [-0.3, -0.25) is 9.59 Å². The van der Waals surface area contributed by atoms with Crippen LogP contribution in [0.15, 0.2) is 29.2 Å². The number of benzene rings is 1.